The summed E-state index contributed by atoms with van der Waals surface area (Å²) in [6.45, 7) is 8.24. The van der Waals surface area contributed by atoms with E-state index < -0.39 is 7.92 Å². The zero-order chi connectivity index (χ0) is 23.8. The molecule has 0 bridgehead atoms. The summed E-state index contributed by atoms with van der Waals surface area (Å²) >= 11 is 0. The molecule has 4 heteroatoms. The van der Waals surface area contributed by atoms with Crippen molar-refractivity contribution in [3.8, 4) is 0 Å². The number of benzene rings is 3. The van der Waals surface area contributed by atoms with Gasteiger partial charge < -0.3 is 9.53 Å². The van der Waals surface area contributed by atoms with Gasteiger partial charge in [-0.25, -0.2) is 4.79 Å². The third-order valence-corrected chi connectivity index (χ3v) is 8.68. The van der Waals surface area contributed by atoms with E-state index in [2.05, 4.69) is 45.0 Å². The average molecular weight is 461 g/mol. The van der Waals surface area contributed by atoms with Gasteiger partial charge >= 0.3 is 5.97 Å². The van der Waals surface area contributed by atoms with Crippen molar-refractivity contribution in [2.24, 2.45) is 17.8 Å². The predicted molar refractivity (Wildman–Crippen MR) is 138 cm³/mol. The first-order valence-corrected chi connectivity index (χ1v) is 12.9. The van der Waals surface area contributed by atoms with Crippen molar-refractivity contribution in [2.75, 3.05) is 0 Å². The Morgan fingerprint density at radius 1 is 0.818 bits per heavy atom. The van der Waals surface area contributed by atoms with Gasteiger partial charge in [-0.2, -0.15) is 0 Å². The van der Waals surface area contributed by atoms with Gasteiger partial charge in [-0.15, -0.1) is 0 Å². The van der Waals surface area contributed by atoms with Gasteiger partial charge in [-0.05, 0) is 47.7 Å². The molecule has 3 nitrogen and oxygen atoms in total. The normalized spacial score (nSPS) is 14.0. The molecule has 0 aliphatic heterocycles. The minimum atomic E-state index is -0.920. The van der Waals surface area contributed by atoms with E-state index in [1.165, 1.54) is 10.6 Å². The molecule has 0 aromatic heterocycles. The van der Waals surface area contributed by atoms with Crippen LogP contribution in [-0.2, 0) is 9.53 Å². The second-order valence-electron chi connectivity index (χ2n) is 8.88. The molecular formula is C29H33O3P. The molecule has 0 radical (unpaired) electrons. The maximum atomic E-state index is 13.6. The molecule has 0 fully saturated rings. The van der Waals surface area contributed by atoms with Crippen LogP contribution in [-0.4, -0.2) is 18.4 Å². The largest absolute Gasteiger partial charge is 0.458 e. The quantitative estimate of drug-likeness (QED) is 0.228. The number of ether oxygens (including phenoxy) is 1. The first-order chi connectivity index (χ1) is 15.9. The maximum Gasteiger partial charge on any atom is 0.339 e. The first-order valence-electron chi connectivity index (χ1n) is 11.6. The lowest BCUT2D eigenvalue weighted by molar-refractivity contribution is -0.109. The minimum absolute atomic E-state index is 0.0797. The SMILES string of the molecule is CC(C)[C@H](OC(=O)c1ccccc1P(c1ccccc1)c1ccccc1)[C@H](C)[C@@H](C)CC=O. The van der Waals surface area contributed by atoms with Gasteiger partial charge in [0.2, 0.25) is 0 Å². The Hall–Kier alpha value is -2.77. The molecule has 3 aromatic rings. The topological polar surface area (TPSA) is 43.4 Å². The molecule has 0 saturated carbocycles. The highest BCUT2D eigenvalue weighted by atomic mass is 31.1. The van der Waals surface area contributed by atoms with Crippen LogP contribution in [0, 0.1) is 17.8 Å². The number of hydrogen-bond acceptors (Lipinski definition) is 3. The summed E-state index contributed by atoms with van der Waals surface area (Å²) in [7, 11) is -0.920. The highest BCUT2D eigenvalue weighted by molar-refractivity contribution is 7.80. The van der Waals surface area contributed by atoms with E-state index >= 15 is 0 Å². The van der Waals surface area contributed by atoms with Gasteiger partial charge in [0.05, 0.1) is 5.56 Å². The van der Waals surface area contributed by atoms with Crippen molar-refractivity contribution in [2.45, 2.75) is 40.2 Å². The van der Waals surface area contributed by atoms with Crippen molar-refractivity contribution in [1.82, 2.24) is 0 Å². The summed E-state index contributed by atoms with van der Waals surface area (Å²) in [5, 5.41) is 3.37. The number of rotatable bonds is 10. The number of esters is 1. The maximum absolute atomic E-state index is 13.6. The van der Waals surface area contributed by atoms with Crippen molar-refractivity contribution in [3.05, 3.63) is 90.5 Å². The highest BCUT2D eigenvalue weighted by Crippen LogP contribution is 2.35. The third-order valence-electron chi connectivity index (χ3n) is 6.18. The zero-order valence-corrected chi connectivity index (χ0v) is 20.7. The molecular weight excluding hydrogens is 427 g/mol. The first kappa shape index (κ1) is 24.9. The minimum Gasteiger partial charge on any atom is -0.458 e. The summed E-state index contributed by atoms with van der Waals surface area (Å²) in [4.78, 5) is 24.6. The third kappa shape index (κ3) is 6.18. The van der Waals surface area contributed by atoms with Crippen LogP contribution in [0.1, 0.15) is 44.5 Å². The van der Waals surface area contributed by atoms with Crippen LogP contribution in [0.25, 0.3) is 0 Å². The molecule has 172 valence electrons. The molecule has 0 spiro atoms. The van der Waals surface area contributed by atoms with E-state index in [9.17, 15) is 9.59 Å². The van der Waals surface area contributed by atoms with E-state index in [4.69, 9.17) is 4.74 Å². The van der Waals surface area contributed by atoms with Gasteiger partial charge in [0.15, 0.2) is 0 Å². The fourth-order valence-corrected chi connectivity index (χ4v) is 6.59. The van der Waals surface area contributed by atoms with Crippen molar-refractivity contribution >= 4 is 36.1 Å². The summed E-state index contributed by atoms with van der Waals surface area (Å²) in [5.41, 5.74) is 0.609. The fourth-order valence-electron chi connectivity index (χ4n) is 4.15. The van der Waals surface area contributed by atoms with Crippen LogP contribution in [0.3, 0.4) is 0 Å². The lowest BCUT2D eigenvalue weighted by atomic mass is 9.83. The average Bonchev–Trinajstić information content (AvgIpc) is 2.84. The second kappa shape index (κ2) is 11.9. The lowest BCUT2D eigenvalue weighted by Gasteiger charge is -2.31. The monoisotopic (exact) mass is 460 g/mol. The Morgan fingerprint density at radius 2 is 1.33 bits per heavy atom. The summed E-state index contributed by atoms with van der Waals surface area (Å²) in [6, 6.07) is 28.5. The Morgan fingerprint density at radius 3 is 1.85 bits per heavy atom. The van der Waals surface area contributed by atoms with Crippen LogP contribution in [0.2, 0.25) is 0 Å². The Balaban J connectivity index is 2.00. The Labute approximate surface area is 198 Å². The van der Waals surface area contributed by atoms with Crippen LogP contribution in [0.5, 0.6) is 0 Å². The zero-order valence-electron chi connectivity index (χ0n) is 19.8. The van der Waals surface area contributed by atoms with E-state index in [1.54, 1.807) is 0 Å². The standard InChI is InChI=1S/C29H33O3P/c1-21(2)28(23(4)22(3)19-20-30)32-29(31)26-17-11-12-18-27(26)33(24-13-7-5-8-14-24)25-15-9-6-10-16-25/h5-18,20-23,28H,19H2,1-4H3/t22-,23+,28-/m0/s1. The summed E-state index contributed by atoms with van der Waals surface area (Å²) in [6.07, 6.45) is 1.15. The van der Waals surface area contributed by atoms with Gasteiger partial charge in [0, 0.05) is 6.42 Å². The highest BCUT2D eigenvalue weighted by Gasteiger charge is 2.31. The molecule has 0 heterocycles. The molecule has 0 aliphatic rings. The number of carbonyl (C=O) groups is 2. The molecule has 0 unspecified atom stereocenters. The van der Waals surface area contributed by atoms with Crippen LogP contribution in [0.4, 0.5) is 0 Å². The van der Waals surface area contributed by atoms with E-state index in [0.717, 1.165) is 11.6 Å². The summed E-state index contributed by atoms with van der Waals surface area (Å²) in [5.74, 6) is 0.0727. The predicted octanol–water partition coefficient (Wildman–Crippen LogP) is 5.49. The smallest absolute Gasteiger partial charge is 0.339 e. The van der Waals surface area contributed by atoms with Crippen molar-refractivity contribution in [1.29, 1.82) is 0 Å². The number of carbonyl (C=O) groups excluding carboxylic acids is 2. The Kier molecular flexibility index (Phi) is 8.97. The number of hydrogen-bond donors (Lipinski definition) is 0. The van der Waals surface area contributed by atoms with Gasteiger partial charge in [0.25, 0.3) is 0 Å². The van der Waals surface area contributed by atoms with E-state index in [0.29, 0.717) is 12.0 Å². The van der Waals surface area contributed by atoms with E-state index in [1.807, 2.05) is 67.6 Å². The molecule has 33 heavy (non-hydrogen) atoms. The summed E-state index contributed by atoms with van der Waals surface area (Å²) < 4.78 is 6.15. The van der Waals surface area contributed by atoms with Gasteiger partial charge in [-0.3, -0.25) is 0 Å². The van der Waals surface area contributed by atoms with E-state index in [-0.39, 0.29) is 29.8 Å². The fraction of sp³-hybridized carbons (Fsp3) is 0.310. The molecule has 0 N–H and O–H groups in total. The molecule has 0 saturated heterocycles. The lowest BCUT2D eigenvalue weighted by Crippen LogP contribution is -2.35. The van der Waals surface area contributed by atoms with Crippen LogP contribution in [0.15, 0.2) is 84.9 Å². The number of aldehydes is 1. The van der Waals surface area contributed by atoms with Crippen molar-refractivity contribution in [3.63, 3.8) is 0 Å². The molecule has 0 aliphatic carbocycles. The van der Waals surface area contributed by atoms with Crippen molar-refractivity contribution < 1.29 is 14.3 Å². The molecule has 3 aromatic carbocycles. The second-order valence-corrected chi connectivity index (χ2v) is 11.1. The molecule has 3 atom stereocenters. The Bertz CT molecular complexity index is 994. The van der Waals surface area contributed by atoms with Crippen LogP contribution >= 0.6 is 7.92 Å². The van der Waals surface area contributed by atoms with Crippen LogP contribution < -0.4 is 15.9 Å². The van der Waals surface area contributed by atoms with Gasteiger partial charge in [-0.1, -0.05) is 107 Å². The molecule has 0 amide bonds. The molecule has 3 rings (SSSR count). The van der Waals surface area contributed by atoms with Gasteiger partial charge in [0.1, 0.15) is 12.4 Å².